The van der Waals surface area contributed by atoms with Crippen molar-refractivity contribution in [1.82, 2.24) is 4.90 Å². The van der Waals surface area contributed by atoms with Crippen molar-refractivity contribution in [3.8, 4) is 5.75 Å². The van der Waals surface area contributed by atoms with Crippen molar-refractivity contribution in [2.45, 2.75) is 25.9 Å². The lowest BCUT2D eigenvalue weighted by molar-refractivity contribution is -0.103. The van der Waals surface area contributed by atoms with E-state index >= 15 is 0 Å². The Kier molecular flexibility index (Phi) is 7.04. The first-order valence-electron chi connectivity index (χ1n) is 10.7. The Balaban J connectivity index is 1.42. The molecule has 0 aliphatic carbocycles. The monoisotopic (exact) mass is 414 g/mol. The third-order valence-corrected chi connectivity index (χ3v) is 5.21. The molecule has 0 bridgehead atoms. The molecule has 0 radical (unpaired) electrons. The lowest BCUT2D eigenvalue weighted by Crippen LogP contribution is -2.35. The van der Waals surface area contributed by atoms with Crippen LogP contribution in [0.15, 0.2) is 41.7 Å². The van der Waals surface area contributed by atoms with Gasteiger partial charge in [0.05, 0.1) is 32.1 Å². The van der Waals surface area contributed by atoms with Crippen LogP contribution in [0.2, 0.25) is 0 Å². The van der Waals surface area contributed by atoms with E-state index in [0.717, 1.165) is 43.0 Å². The van der Waals surface area contributed by atoms with Gasteiger partial charge in [-0.15, -0.1) is 0 Å². The van der Waals surface area contributed by atoms with E-state index in [1.54, 1.807) is 0 Å². The summed E-state index contributed by atoms with van der Waals surface area (Å²) < 4.78 is 28.3. The molecule has 0 spiro atoms. The lowest BCUT2D eigenvalue weighted by atomic mass is 9.95. The van der Waals surface area contributed by atoms with Crippen LogP contribution in [0, 0.1) is 0 Å². The molecule has 1 atom stereocenters. The van der Waals surface area contributed by atoms with Gasteiger partial charge in [-0.25, -0.2) is 0 Å². The third kappa shape index (κ3) is 5.03. The fraction of sp³-hybridized carbons (Fsp3) is 0.522. The van der Waals surface area contributed by atoms with Crippen molar-refractivity contribution in [2.24, 2.45) is 4.99 Å². The molecule has 1 aromatic carbocycles. The Morgan fingerprint density at radius 2 is 2.13 bits per heavy atom. The zero-order valence-electron chi connectivity index (χ0n) is 17.6. The van der Waals surface area contributed by atoms with Crippen molar-refractivity contribution >= 4 is 11.6 Å². The van der Waals surface area contributed by atoms with Crippen molar-refractivity contribution in [3.05, 3.63) is 47.8 Å². The van der Waals surface area contributed by atoms with Gasteiger partial charge in [-0.05, 0) is 36.6 Å². The van der Waals surface area contributed by atoms with Crippen LogP contribution in [0.5, 0.6) is 5.75 Å². The van der Waals surface area contributed by atoms with E-state index in [0.29, 0.717) is 51.4 Å². The summed E-state index contributed by atoms with van der Waals surface area (Å²) in [6.07, 6.45) is 3.85. The molecular weight excluding hydrogens is 384 g/mol. The predicted octanol–water partition coefficient (Wildman–Crippen LogP) is 3.01. The van der Waals surface area contributed by atoms with Gasteiger partial charge in [-0.1, -0.05) is 13.5 Å². The van der Waals surface area contributed by atoms with Gasteiger partial charge in [0.15, 0.2) is 0 Å². The fourth-order valence-corrected chi connectivity index (χ4v) is 3.73. The normalized spacial score (nSPS) is 20.8. The molecule has 1 unspecified atom stereocenters. The lowest BCUT2D eigenvalue weighted by Gasteiger charge is -2.35. The smallest absolute Gasteiger partial charge is 0.217 e. The summed E-state index contributed by atoms with van der Waals surface area (Å²) in [5, 5.41) is 0. The Bertz CT molecular complexity index is 814. The minimum Gasteiger partial charge on any atom is -0.491 e. The summed E-state index contributed by atoms with van der Waals surface area (Å²) >= 11 is 0. The van der Waals surface area contributed by atoms with Crippen LogP contribution in [0.25, 0.3) is 5.70 Å². The van der Waals surface area contributed by atoms with Crippen molar-refractivity contribution in [3.63, 3.8) is 0 Å². The van der Waals surface area contributed by atoms with E-state index in [1.807, 2.05) is 12.1 Å². The van der Waals surface area contributed by atoms with E-state index in [2.05, 4.69) is 35.5 Å². The van der Waals surface area contributed by atoms with E-state index in [9.17, 15) is 0 Å². The summed E-state index contributed by atoms with van der Waals surface area (Å²) in [5.41, 5.74) is 3.47. The molecule has 3 heterocycles. The average molecular weight is 415 g/mol. The topological polar surface area (TPSA) is 61.8 Å². The summed E-state index contributed by atoms with van der Waals surface area (Å²) in [4.78, 5) is 6.65. The first-order valence-corrected chi connectivity index (χ1v) is 10.7. The number of hydrogen-bond acceptors (Lipinski definition) is 7. The van der Waals surface area contributed by atoms with E-state index in [4.69, 9.17) is 23.7 Å². The molecule has 3 aliphatic heterocycles. The molecular formula is C23H30N2O5. The highest BCUT2D eigenvalue weighted by atomic mass is 16.6. The van der Waals surface area contributed by atoms with Crippen LogP contribution in [-0.4, -0.2) is 69.7 Å². The van der Waals surface area contributed by atoms with Crippen molar-refractivity contribution in [1.29, 1.82) is 0 Å². The van der Waals surface area contributed by atoms with Crippen LogP contribution in [0.3, 0.4) is 0 Å². The highest BCUT2D eigenvalue weighted by molar-refractivity contribution is 5.98. The van der Waals surface area contributed by atoms with Gasteiger partial charge >= 0.3 is 0 Å². The predicted molar refractivity (Wildman–Crippen MR) is 115 cm³/mol. The minimum absolute atomic E-state index is 0.0641. The second-order valence-electron chi connectivity index (χ2n) is 7.46. The van der Waals surface area contributed by atoms with Gasteiger partial charge in [-0.2, -0.15) is 4.99 Å². The van der Waals surface area contributed by atoms with E-state index in [1.165, 1.54) is 5.56 Å². The molecule has 162 valence electrons. The second-order valence-corrected chi connectivity index (χ2v) is 7.46. The van der Waals surface area contributed by atoms with Gasteiger partial charge in [0.2, 0.25) is 5.90 Å². The Labute approximate surface area is 177 Å². The summed E-state index contributed by atoms with van der Waals surface area (Å²) in [7, 11) is 0. The highest BCUT2D eigenvalue weighted by Gasteiger charge is 2.27. The number of benzene rings is 1. The summed E-state index contributed by atoms with van der Waals surface area (Å²) in [5.74, 6) is 2.13. The molecule has 0 aromatic heterocycles. The van der Waals surface area contributed by atoms with Crippen molar-refractivity contribution in [2.75, 3.05) is 52.8 Å². The van der Waals surface area contributed by atoms with E-state index < -0.39 is 0 Å². The molecule has 0 amide bonds. The molecule has 30 heavy (non-hydrogen) atoms. The first kappa shape index (κ1) is 20.9. The largest absolute Gasteiger partial charge is 0.491 e. The molecule has 7 nitrogen and oxygen atoms in total. The minimum atomic E-state index is -0.0641. The quantitative estimate of drug-likeness (QED) is 0.610. The van der Waals surface area contributed by atoms with Crippen LogP contribution in [-0.2, 0) is 25.4 Å². The fourth-order valence-electron chi connectivity index (χ4n) is 3.73. The first-order chi connectivity index (χ1) is 14.7. The molecule has 0 N–H and O–H groups in total. The number of fused-ring (bicyclic) bond motifs is 3. The molecule has 7 heteroatoms. The van der Waals surface area contributed by atoms with Gasteiger partial charge in [0.1, 0.15) is 30.9 Å². The Hall–Kier alpha value is -2.35. The number of rotatable bonds is 8. The molecule has 1 fully saturated rings. The number of hydrogen-bond donors (Lipinski definition) is 0. The number of aliphatic imine (C=N–C) groups is 1. The van der Waals surface area contributed by atoms with Crippen molar-refractivity contribution < 1.29 is 23.7 Å². The Morgan fingerprint density at radius 1 is 1.20 bits per heavy atom. The highest BCUT2D eigenvalue weighted by Crippen LogP contribution is 2.35. The maximum absolute atomic E-state index is 5.91. The van der Waals surface area contributed by atoms with Crippen LogP contribution in [0.4, 0.5) is 0 Å². The number of nitrogens with zero attached hydrogens (tertiary/aromatic N) is 2. The molecule has 3 aliphatic rings. The average Bonchev–Trinajstić information content (AvgIpc) is 2.78. The SMILES string of the molecule is C=C1N=C(OCC2COCCO2)C=C2c3ccc(OCCOCCC)cc3CCN12. The van der Waals surface area contributed by atoms with Crippen LogP contribution >= 0.6 is 0 Å². The molecule has 4 rings (SSSR count). The standard InChI is InChI=1S/C23H30N2O5/c1-3-8-26-9-11-28-19-4-5-21-18(13-19)6-7-25-17(2)24-23(14-22(21)25)30-16-20-15-27-10-12-29-20/h4-5,13-14,20H,2-3,6-12,15-16H2,1H3. The van der Waals surface area contributed by atoms with Crippen LogP contribution in [0.1, 0.15) is 24.5 Å². The molecule has 1 saturated heterocycles. The third-order valence-electron chi connectivity index (χ3n) is 5.21. The van der Waals surface area contributed by atoms with Gasteiger partial charge in [0.25, 0.3) is 0 Å². The van der Waals surface area contributed by atoms with Gasteiger partial charge < -0.3 is 28.6 Å². The zero-order valence-corrected chi connectivity index (χ0v) is 17.6. The zero-order chi connectivity index (χ0) is 20.8. The molecule has 0 saturated carbocycles. The Morgan fingerprint density at radius 3 is 2.97 bits per heavy atom. The summed E-state index contributed by atoms with van der Waals surface area (Å²) in [6.45, 7) is 11.2. The molecule has 1 aromatic rings. The van der Waals surface area contributed by atoms with E-state index in [-0.39, 0.29) is 6.10 Å². The van der Waals surface area contributed by atoms with Gasteiger partial charge in [0, 0.05) is 24.8 Å². The summed E-state index contributed by atoms with van der Waals surface area (Å²) in [6, 6.07) is 6.23. The maximum atomic E-state index is 5.91. The van der Waals surface area contributed by atoms with Gasteiger partial charge in [-0.3, -0.25) is 0 Å². The number of ether oxygens (including phenoxy) is 5. The second kappa shape index (κ2) is 10.1. The van der Waals surface area contributed by atoms with Crippen LogP contribution < -0.4 is 4.74 Å². The maximum Gasteiger partial charge on any atom is 0.217 e.